The van der Waals surface area contributed by atoms with Crippen molar-refractivity contribution in [3.05, 3.63) is 206 Å². The smallest absolute Gasteiger partial charge is 0.164 e. The molecule has 0 aliphatic heterocycles. The lowest BCUT2D eigenvalue weighted by atomic mass is 9.95. The summed E-state index contributed by atoms with van der Waals surface area (Å²) in [6.07, 6.45) is 1.85. The molecule has 7 aromatic carbocycles. The second kappa shape index (κ2) is 14.7. The predicted molar refractivity (Wildman–Crippen MR) is 221 cm³/mol. The second-order valence-corrected chi connectivity index (χ2v) is 13.1. The third-order valence-corrected chi connectivity index (χ3v) is 9.62. The number of hydrogen-bond acceptors (Lipinski definition) is 4. The van der Waals surface area contributed by atoms with E-state index in [1.54, 1.807) is 0 Å². The van der Waals surface area contributed by atoms with Gasteiger partial charge in [-0.3, -0.25) is 4.98 Å². The molecule has 2 heterocycles. The SMILES string of the molecule is c1ccc(-c2ccc(-c3nc(-c4ccc(-c5ccccc5)cc4)nc(-c4cccc(-c5cccc(-c6cccnc6-c6ccccc6)c5)c4)n3)cc2)cc1. The minimum atomic E-state index is 0.617. The molecule has 0 fully saturated rings. The average Bonchev–Trinajstić information content (AvgIpc) is 3.27. The standard InChI is InChI=1S/C50H34N4/c1-4-13-35(14-5-1)37-24-28-40(29-25-37)48-52-49(41-30-26-38(27-31-41)36-15-6-2-7-16-36)54-50(53-48)45-22-11-20-43(34-45)42-19-10-21-44(33-42)46-23-12-32-51-47(46)39-17-8-3-9-18-39/h1-34H. The molecule has 4 heteroatoms. The Hall–Kier alpha value is -7.30. The van der Waals surface area contributed by atoms with E-state index >= 15 is 0 Å². The van der Waals surface area contributed by atoms with Crippen LogP contribution in [0.1, 0.15) is 0 Å². The average molecular weight is 691 g/mol. The van der Waals surface area contributed by atoms with Crippen LogP contribution in [-0.4, -0.2) is 19.9 Å². The molecule has 0 bridgehead atoms. The van der Waals surface area contributed by atoms with Gasteiger partial charge in [0.05, 0.1) is 5.69 Å². The Bertz CT molecular complexity index is 2570. The highest BCUT2D eigenvalue weighted by Crippen LogP contribution is 2.34. The summed E-state index contributed by atoms with van der Waals surface area (Å²) in [6, 6.07) is 69.2. The lowest BCUT2D eigenvalue weighted by molar-refractivity contribution is 1.07. The Balaban J connectivity index is 1.11. The van der Waals surface area contributed by atoms with Crippen LogP contribution in [0.4, 0.5) is 0 Å². The zero-order valence-corrected chi connectivity index (χ0v) is 29.4. The third kappa shape index (κ3) is 6.84. The van der Waals surface area contributed by atoms with E-state index in [2.05, 4.69) is 164 Å². The maximum atomic E-state index is 5.08. The quantitative estimate of drug-likeness (QED) is 0.159. The summed E-state index contributed by atoms with van der Waals surface area (Å²) in [5.41, 5.74) is 13.8. The molecule has 0 amide bonds. The monoisotopic (exact) mass is 690 g/mol. The van der Waals surface area contributed by atoms with Gasteiger partial charge in [-0.15, -0.1) is 0 Å². The van der Waals surface area contributed by atoms with Crippen molar-refractivity contribution in [1.29, 1.82) is 0 Å². The van der Waals surface area contributed by atoms with Crippen molar-refractivity contribution < 1.29 is 0 Å². The number of pyridine rings is 1. The Morgan fingerprint density at radius 3 is 1.13 bits per heavy atom. The Morgan fingerprint density at radius 2 is 0.611 bits per heavy atom. The van der Waals surface area contributed by atoms with E-state index in [1.807, 2.05) is 42.6 Å². The highest BCUT2D eigenvalue weighted by atomic mass is 15.0. The van der Waals surface area contributed by atoms with Gasteiger partial charge in [-0.05, 0) is 57.1 Å². The van der Waals surface area contributed by atoms with Crippen LogP contribution < -0.4 is 0 Å². The van der Waals surface area contributed by atoms with Crippen molar-refractivity contribution in [2.75, 3.05) is 0 Å². The Labute approximate surface area is 315 Å². The minimum Gasteiger partial charge on any atom is -0.256 e. The predicted octanol–water partition coefficient (Wildman–Crippen LogP) is 12.6. The van der Waals surface area contributed by atoms with Crippen molar-refractivity contribution in [3.8, 4) is 89.9 Å². The van der Waals surface area contributed by atoms with Crippen LogP contribution in [0.15, 0.2) is 206 Å². The maximum absolute atomic E-state index is 5.08. The Kier molecular flexibility index (Phi) is 8.90. The van der Waals surface area contributed by atoms with Gasteiger partial charge in [-0.25, -0.2) is 15.0 Å². The molecule has 4 nitrogen and oxygen atoms in total. The Morgan fingerprint density at radius 1 is 0.241 bits per heavy atom. The van der Waals surface area contributed by atoms with Crippen molar-refractivity contribution in [2.45, 2.75) is 0 Å². The van der Waals surface area contributed by atoms with Crippen LogP contribution in [0.5, 0.6) is 0 Å². The van der Waals surface area contributed by atoms with Crippen molar-refractivity contribution in [3.63, 3.8) is 0 Å². The first-order valence-corrected chi connectivity index (χ1v) is 18.0. The number of nitrogens with zero attached hydrogens (tertiary/aromatic N) is 4. The molecule has 254 valence electrons. The molecule has 0 spiro atoms. The first-order valence-electron chi connectivity index (χ1n) is 18.0. The van der Waals surface area contributed by atoms with Crippen LogP contribution >= 0.6 is 0 Å². The van der Waals surface area contributed by atoms with E-state index in [9.17, 15) is 0 Å². The number of hydrogen-bond donors (Lipinski definition) is 0. The van der Waals surface area contributed by atoms with E-state index in [4.69, 9.17) is 19.9 Å². The molecule has 0 saturated heterocycles. The van der Waals surface area contributed by atoms with E-state index in [1.165, 1.54) is 11.1 Å². The fourth-order valence-corrected chi connectivity index (χ4v) is 6.82. The van der Waals surface area contributed by atoms with Crippen LogP contribution in [0.2, 0.25) is 0 Å². The molecule has 9 rings (SSSR count). The molecule has 0 radical (unpaired) electrons. The van der Waals surface area contributed by atoms with Crippen molar-refractivity contribution in [1.82, 2.24) is 19.9 Å². The molecule has 54 heavy (non-hydrogen) atoms. The van der Waals surface area contributed by atoms with Gasteiger partial charge in [0.2, 0.25) is 0 Å². The number of aromatic nitrogens is 4. The van der Waals surface area contributed by atoms with E-state index in [0.29, 0.717) is 17.5 Å². The van der Waals surface area contributed by atoms with Gasteiger partial charge >= 0.3 is 0 Å². The van der Waals surface area contributed by atoms with E-state index in [-0.39, 0.29) is 0 Å². The van der Waals surface area contributed by atoms with E-state index in [0.717, 1.165) is 61.3 Å². The summed E-state index contributed by atoms with van der Waals surface area (Å²) >= 11 is 0. The van der Waals surface area contributed by atoms with Gasteiger partial charge in [0.15, 0.2) is 17.5 Å². The summed E-state index contributed by atoms with van der Waals surface area (Å²) in [5.74, 6) is 1.87. The fraction of sp³-hybridized carbons (Fsp3) is 0. The summed E-state index contributed by atoms with van der Waals surface area (Å²) in [4.78, 5) is 20.0. The highest BCUT2D eigenvalue weighted by Gasteiger charge is 2.15. The third-order valence-electron chi connectivity index (χ3n) is 9.62. The molecular weight excluding hydrogens is 657 g/mol. The molecule has 0 saturated carbocycles. The molecule has 2 aromatic heterocycles. The van der Waals surface area contributed by atoms with Crippen molar-refractivity contribution in [2.24, 2.45) is 0 Å². The lowest BCUT2D eigenvalue weighted by Gasteiger charge is -2.12. The molecule has 0 unspecified atom stereocenters. The largest absolute Gasteiger partial charge is 0.256 e. The zero-order chi connectivity index (χ0) is 36.1. The van der Waals surface area contributed by atoms with Gasteiger partial charge in [0.25, 0.3) is 0 Å². The summed E-state index contributed by atoms with van der Waals surface area (Å²) in [5, 5.41) is 0. The molecule has 9 aromatic rings. The maximum Gasteiger partial charge on any atom is 0.164 e. The molecule has 0 atom stereocenters. The topological polar surface area (TPSA) is 51.6 Å². The molecule has 0 N–H and O–H groups in total. The lowest BCUT2D eigenvalue weighted by Crippen LogP contribution is -2.00. The minimum absolute atomic E-state index is 0.617. The van der Waals surface area contributed by atoms with Gasteiger partial charge in [0.1, 0.15) is 0 Å². The van der Waals surface area contributed by atoms with Gasteiger partial charge < -0.3 is 0 Å². The summed E-state index contributed by atoms with van der Waals surface area (Å²) < 4.78 is 0. The molecule has 0 aliphatic carbocycles. The van der Waals surface area contributed by atoms with Crippen LogP contribution in [0.3, 0.4) is 0 Å². The van der Waals surface area contributed by atoms with Crippen molar-refractivity contribution >= 4 is 0 Å². The molecule has 0 aliphatic rings. The van der Waals surface area contributed by atoms with Gasteiger partial charge in [0, 0.05) is 34.0 Å². The van der Waals surface area contributed by atoms with Crippen LogP contribution in [0.25, 0.3) is 89.9 Å². The first-order chi connectivity index (χ1) is 26.7. The van der Waals surface area contributed by atoms with E-state index < -0.39 is 0 Å². The number of rotatable bonds is 8. The molecular formula is C50H34N4. The first kappa shape index (κ1) is 32.6. The van der Waals surface area contributed by atoms with Crippen LogP contribution in [0, 0.1) is 0 Å². The number of benzene rings is 7. The zero-order valence-electron chi connectivity index (χ0n) is 29.4. The summed E-state index contributed by atoms with van der Waals surface area (Å²) in [6.45, 7) is 0. The van der Waals surface area contributed by atoms with Gasteiger partial charge in [-0.2, -0.15) is 0 Å². The van der Waals surface area contributed by atoms with Crippen LogP contribution in [-0.2, 0) is 0 Å². The highest BCUT2D eigenvalue weighted by molar-refractivity contribution is 5.84. The fourth-order valence-electron chi connectivity index (χ4n) is 6.82. The second-order valence-electron chi connectivity index (χ2n) is 13.1. The van der Waals surface area contributed by atoms with Gasteiger partial charge in [-0.1, -0.05) is 182 Å². The summed E-state index contributed by atoms with van der Waals surface area (Å²) in [7, 11) is 0. The normalized spacial score (nSPS) is 11.0.